The van der Waals surface area contributed by atoms with E-state index in [1.54, 1.807) is 6.26 Å². The highest BCUT2D eigenvalue weighted by Crippen LogP contribution is 2.12. The van der Waals surface area contributed by atoms with Gasteiger partial charge in [0, 0.05) is 0 Å². The lowest BCUT2D eigenvalue weighted by Gasteiger charge is -2.06. The van der Waals surface area contributed by atoms with Crippen LogP contribution in [0.4, 0.5) is 0 Å². The minimum atomic E-state index is 0.751. The summed E-state index contributed by atoms with van der Waals surface area (Å²) in [4.78, 5) is 0. The minimum Gasteiger partial charge on any atom is -0.468 e. The van der Waals surface area contributed by atoms with Crippen molar-refractivity contribution in [3.63, 3.8) is 0 Å². The molecule has 0 saturated heterocycles. The Hall–Kier alpha value is -0.410. The van der Waals surface area contributed by atoms with Gasteiger partial charge in [-0.2, -0.15) is 11.8 Å². The van der Waals surface area contributed by atoms with Crippen LogP contribution in [0.3, 0.4) is 0 Å². The zero-order valence-corrected chi connectivity index (χ0v) is 10.5. The number of nitrogens with one attached hydrogen (secondary N) is 1. The van der Waals surface area contributed by atoms with Crippen molar-refractivity contribution in [2.45, 2.75) is 26.0 Å². The molecule has 0 aliphatic heterocycles. The van der Waals surface area contributed by atoms with Crippen LogP contribution in [0, 0.1) is 5.92 Å². The predicted octanol–water partition coefficient (Wildman–Crippen LogP) is 3.15. The zero-order chi connectivity index (χ0) is 10.9. The quantitative estimate of drug-likeness (QED) is 0.691. The molecule has 0 spiro atoms. The van der Waals surface area contributed by atoms with Crippen molar-refractivity contribution in [3.05, 3.63) is 24.2 Å². The van der Waals surface area contributed by atoms with E-state index < -0.39 is 0 Å². The molecule has 0 unspecified atom stereocenters. The Balaban J connectivity index is 1.85. The topological polar surface area (TPSA) is 25.2 Å². The summed E-state index contributed by atoms with van der Waals surface area (Å²) >= 11 is 1.94. The van der Waals surface area contributed by atoms with Gasteiger partial charge in [-0.3, -0.25) is 0 Å². The monoisotopic (exact) mass is 227 g/mol. The molecule has 0 aliphatic rings. The smallest absolute Gasteiger partial charge is 0.113 e. The maximum Gasteiger partial charge on any atom is 0.113 e. The molecule has 3 heteroatoms. The Bertz CT molecular complexity index is 234. The molecule has 1 aromatic rings. The summed E-state index contributed by atoms with van der Waals surface area (Å²) in [5, 5.41) is 3.44. The molecule has 86 valence electrons. The molecule has 0 radical (unpaired) electrons. The summed E-state index contributed by atoms with van der Waals surface area (Å²) in [6.07, 6.45) is 2.97. The van der Waals surface area contributed by atoms with Crippen LogP contribution in [0.15, 0.2) is 22.8 Å². The van der Waals surface area contributed by atoms with Crippen LogP contribution in [0.1, 0.15) is 26.0 Å². The molecule has 1 N–H and O–H groups in total. The molecular formula is C12H21NOS. The summed E-state index contributed by atoms with van der Waals surface area (Å²) in [5.74, 6) is 4.03. The van der Waals surface area contributed by atoms with Gasteiger partial charge < -0.3 is 9.73 Å². The first kappa shape index (κ1) is 12.7. The van der Waals surface area contributed by atoms with Crippen LogP contribution in [0.5, 0.6) is 0 Å². The maximum absolute atomic E-state index is 5.26. The number of hydrogen-bond donors (Lipinski definition) is 1. The second-order valence-corrected chi connectivity index (χ2v) is 5.19. The van der Waals surface area contributed by atoms with Crippen LogP contribution in [-0.2, 0) is 5.75 Å². The highest BCUT2D eigenvalue weighted by atomic mass is 32.2. The lowest BCUT2D eigenvalue weighted by molar-refractivity contribution is 0.530. The highest BCUT2D eigenvalue weighted by molar-refractivity contribution is 7.98. The second kappa shape index (κ2) is 7.83. The Morgan fingerprint density at radius 3 is 3.00 bits per heavy atom. The van der Waals surface area contributed by atoms with E-state index in [2.05, 4.69) is 19.2 Å². The van der Waals surface area contributed by atoms with E-state index in [0.717, 1.165) is 30.5 Å². The van der Waals surface area contributed by atoms with Crippen molar-refractivity contribution >= 4 is 11.8 Å². The van der Waals surface area contributed by atoms with E-state index >= 15 is 0 Å². The second-order valence-electron chi connectivity index (χ2n) is 4.08. The van der Waals surface area contributed by atoms with E-state index in [-0.39, 0.29) is 0 Å². The lowest BCUT2D eigenvalue weighted by Crippen LogP contribution is -2.21. The number of furan rings is 1. The molecule has 1 rings (SSSR count). The van der Waals surface area contributed by atoms with Crippen molar-refractivity contribution in [2.24, 2.45) is 5.92 Å². The van der Waals surface area contributed by atoms with E-state index in [4.69, 9.17) is 4.42 Å². The first-order valence-corrected chi connectivity index (χ1v) is 6.75. The average molecular weight is 227 g/mol. The molecule has 0 fully saturated rings. The Kier molecular flexibility index (Phi) is 6.60. The van der Waals surface area contributed by atoms with E-state index in [1.165, 1.54) is 12.2 Å². The summed E-state index contributed by atoms with van der Waals surface area (Å²) in [6, 6.07) is 3.98. The molecule has 0 atom stereocenters. The van der Waals surface area contributed by atoms with Gasteiger partial charge in [0.2, 0.25) is 0 Å². The first-order chi connectivity index (χ1) is 7.29. The molecule has 0 saturated carbocycles. The fourth-order valence-corrected chi connectivity index (χ4v) is 2.12. The third-order valence-electron chi connectivity index (χ3n) is 2.02. The molecule has 15 heavy (non-hydrogen) atoms. The van der Waals surface area contributed by atoms with Gasteiger partial charge in [0.15, 0.2) is 0 Å². The average Bonchev–Trinajstić information content (AvgIpc) is 2.68. The molecule has 1 aromatic heterocycles. The molecule has 0 aliphatic carbocycles. The Morgan fingerprint density at radius 1 is 1.47 bits per heavy atom. The minimum absolute atomic E-state index is 0.751. The van der Waals surface area contributed by atoms with Crippen LogP contribution in [0.2, 0.25) is 0 Å². The molecule has 0 amide bonds. The standard InChI is InChI=1S/C12H21NOS/c1-11(2)9-13-6-4-8-15-10-12-5-3-7-14-12/h3,5,7,11,13H,4,6,8-10H2,1-2H3. The maximum atomic E-state index is 5.26. The molecule has 0 aromatic carbocycles. The number of rotatable bonds is 8. The van der Waals surface area contributed by atoms with Crippen molar-refractivity contribution < 1.29 is 4.42 Å². The molecule has 2 nitrogen and oxygen atoms in total. The van der Waals surface area contributed by atoms with Crippen molar-refractivity contribution in [3.8, 4) is 0 Å². The zero-order valence-electron chi connectivity index (χ0n) is 9.66. The molecule has 1 heterocycles. The first-order valence-electron chi connectivity index (χ1n) is 5.60. The number of thioether (sulfide) groups is 1. The van der Waals surface area contributed by atoms with Crippen molar-refractivity contribution in [1.29, 1.82) is 0 Å². The highest BCUT2D eigenvalue weighted by Gasteiger charge is 1.96. The van der Waals surface area contributed by atoms with Gasteiger partial charge in [0.25, 0.3) is 0 Å². The summed E-state index contributed by atoms with van der Waals surface area (Å²) in [7, 11) is 0. The van der Waals surface area contributed by atoms with Gasteiger partial charge in [0.1, 0.15) is 5.76 Å². The normalized spacial score (nSPS) is 11.1. The Morgan fingerprint density at radius 2 is 2.33 bits per heavy atom. The van der Waals surface area contributed by atoms with Crippen LogP contribution in [0.25, 0.3) is 0 Å². The van der Waals surface area contributed by atoms with Gasteiger partial charge in [0.05, 0.1) is 12.0 Å². The third-order valence-corrected chi connectivity index (χ3v) is 3.09. The lowest BCUT2D eigenvalue weighted by atomic mass is 10.2. The van der Waals surface area contributed by atoms with Crippen molar-refractivity contribution in [2.75, 3.05) is 18.8 Å². The van der Waals surface area contributed by atoms with Gasteiger partial charge >= 0.3 is 0 Å². The van der Waals surface area contributed by atoms with E-state index in [1.807, 2.05) is 23.9 Å². The predicted molar refractivity (Wildman–Crippen MR) is 67.2 cm³/mol. The molecular weight excluding hydrogens is 206 g/mol. The van der Waals surface area contributed by atoms with Crippen molar-refractivity contribution in [1.82, 2.24) is 5.32 Å². The van der Waals surface area contributed by atoms with Gasteiger partial charge in [-0.05, 0) is 43.3 Å². The fourth-order valence-electron chi connectivity index (χ4n) is 1.26. The summed E-state index contributed by atoms with van der Waals surface area (Å²) < 4.78 is 5.26. The fraction of sp³-hybridized carbons (Fsp3) is 0.667. The van der Waals surface area contributed by atoms with Crippen LogP contribution >= 0.6 is 11.8 Å². The SMILES string of the molecule is CC(C)CNCCCSCc1ccco1. The summed E-state index contributed by atoms with van der Waals surface area (Å²) in [6.45, 7) is 6.73. The van der Waals surface area contributed by atoms with Gasteiger partial charge in [-0.15, -0.1) is 0 Å². The number of hydrogen-bond acceptors (Lipinski definition) is 3. The van der Waals surface area contributed by atoms with E-state index in [0.29, 0.717) is 0 Å². The van der Waals surface area contributed by atoms with Crippen LogP contribution < -0.4 is 5.32 Å². The molecule has 0 bridgehead atoms. The van der Waals surface area contributed by atoms with Crippen LogP contribution in [-0.4, -0.2) is 18.8 Å². The Labute approximate surface area is 96.8 Å². The third kappa shape index (κ3) is 6.63. The van der Waals surface area contributed by atoms with Gasteiger partial charge in [-0.25, -0.2) is 0 Å². The van der Waals surface area contributed by atoms with E-state index in [9.17, 15) is 0 Å². The van der Waals surface area contributed by atoms with Gasteiger partial charge in [-0.1, -0.05) is 13.8 Å². The summed E-state index contributed by atoms with van der Waals surface area (Å²) in [5.41, 5.74) is 0. The largest absolute Gasteiger partial charge is 0.468 e.